The number of pyridine rings is 4. The van der Waals surface area contributed by atoms with Gasteiger partial charge in [-0.1, -0.05) is 127 Å². The zero-order valence-electron chi connectivity index (χ0n) is 26.0. The van der Waals surface area contributed by atoms with Gasteiger partial charge in [0.05, 0.1) is 33.8 Å². The van der Waals surface area contributed by atoms with E-state index in [4.69, 9.17) is 15.0 Å². The molecule has 0 aliphatic heterocycles. The Bertz CT molecular complexity index is 2580. The van der Waals surface area contributed by atoms with E-state index in [9.17, 15) is 0 Å². The van der Waals surface area contributed by atoms with Gasteiger partial charge in [0.2, 0.25) is 0 Å². The van der Waals surface area contributed by atoms with Gasteiger partial charge in [-0.2, -0.15) is 0 Å². The van der Waals surface area contributed by atoms with Gasteiger partial charge in [0, 0.05) is 50.8 Å². The topological polar surface area (TPSA) is 51.6 Å². The number of rotatable bonds is 5. The first kappa shape index (κ1) is 27.8. The van der Waals surface area contributed by atoms with Crippen LogP contribution in [0.15, 0.2) is 170 Å². The third kappa shape index (κ3) is 4.97. The first-order valence-corrected chi connectivity index (χ1v) is 16.0. The van der Waals surface area contributed by atoms with Gasteiger partial charge in [0.25, 0.3) is 0 Å². The largest absolute Gasteiger partial charge is 0.256 e. The van der Waals surface area contributed by atoms with E-state index in [1.807, 2.05) is 48.8 Å². The van der Waals surface area contributed by atoms with Crippen LogP contribution in [0.4, 0.5) is 0 Å². The minimum absolute atomic E-state index is 0.850. The van der Waals surface area contributed by atoms with Gasteiger partial charge in [-0.15, -0.1) is 0 Å². The monoisotopic (exact) mass is 612 g/mol. The molecule has 0 N–H and O–H groups in total. The molecule has 0 amide bonds. The quantitative estimate of drug-likeness (QED) is 0.181. The first-order valence-electron chi connectivity index (χ1n) is 16.0. The van der Waals surface area contributed by atoms with E-state index in [2.05, 4.69) is 126 Å². The van der Waals surface area contributed by atoms with Gasteiger partial charge in [0.1, 0.15) is 0 Å². The Hall–Kier alpha value is -6.52. The molecule has 0 bridgehead atoms. The highest BCUT2D eigenvalue weighted by atomic mass is 14.8. The highest BCUT2D eigenvalue weighted by Gasteiger charge is 2.18. The second kappa shape index (κ2) is 11.7. The molecule has 0 fully saturated rings. The fourth-order valence-corrected chi connectivity index (χ4v) is 6.52. The molecule has 4 heteroatoms. The van der Waals surface area contributed by atoms with E-state index in [0.717, 1.165) is 88.7 Å². The van der Waals surface area contributed by atoms with Crippen molar-refractivity contribution in [3.63, 3.8) is 0 Å². The fourth-order valence-electron chi connectivity index (χ4n) is 6.52. The third-order valence-corrected chi connectivity index (χ3v) is 8.96. The molecule has 224 valence electrons. The molecular weight excluding hydrogens is 585 g/mol. The van der Waals surface area contributed by atoms with Gasteiger partial charge < -0.3 is 0 Å². The lowest BCUT2D eigenvalue weighted by atomic mass is 9.94. The smallest absolute Gasteiger partial charge is 0.0979 e. The molecule has 0 saturated carbocycles. The highest BCUT2D eigenvalue weighted by molar-refractivity contribution is 6.13. The molecule has 0 atom stereocenters. The summed E-state index contributed by atoms with van der Waals surface area (Å²) in [5.74, 6) is 0. The molecule has 0 radical (unpaired) electrons. The lowest BCUT2D eigenvalue weighted by Gasteiger charge is -2.15. The van der Waals surface area contributed by atoms with Gasteiger partial charge in [-0.3, -0.25) is 9.97 Å². The Morgan fingerprint density at radius 3 is 1.52 bits per heavy atom. The summed E-state index contributed by atoms with van der Waals surface area (Å²) in [5.41, 5.74) is 11.8. The van der Waals surface area contributed by atoms with Crippen LogP contribution in [0.1, 0.15) is 0 Å². The van der Waals surface area contributed by atoms with Crippen LogP contribution in [0.25, 0.3) is 88.7 Å². The normalized spacial score (nSPS) is 11.3. The van der Waals surface area contributed by atoms with Crippen LogP contribution < -0.4 is 0 Å². The minimum Gasteiger partial charge on any atom is -0.256 e. The van der Waals surface area contributed by atoms with E-state index >= 15 is 0 Å². The molecule has 0 unspecified atom stereocenters. The summed E-state index contributed by atoms with van der Waals surface area (Å²) in [6.07, 6.45) is 3.79. The van der Waals surface area contributed by atoms with Gasteiger partial charge in [-0.05, 0) is 46.8 Å². The molecular formula is C44H28N4. The van der Waals surface area contributed by atoms with E-state index in [0.29, 0.717) is 0 Å². The number of aromatic nitrogens is 4. The Kier molecular flexibility index (Phi) is 6.76. The summed E-state index contributed by atoms with van der Waals surface area (Å²) in [5, 5.41) is 4.32. The SMILES string of the molecule is c1ccc(-c2cc(-c3ccc(-c4ccccn4)cc3)c3ccc4c(-c5cc6ccccc6cn5)cc(-c5ccccc5)nc4c3n2)cc1. The van der Waals surface area contributed by atoms with E-state index in [-0.39, 0.29) is 0 Å². The van der Waals surface area contributed by atoms with Crippen molar-refractivity contribution in [1.29, 1.82) is 0 Å². The average molecular weight is 613 g/mol. The second-order valence-electron chi connectivity index (χ2n) is 11.9. The van der Waals surface area contributed by atoms with E-state index in [1.165, 1.54) is 0 Å². The van der Waals surface area contributed by atoms with Crippen molar-refractivity contribution in [3.8, 4) is 56.2 Å². The number of benzene rings is 5. The summed E-state index contributed by atoms with van der Waals surface area (Å²) in [6, 6.07) is 54.6. The lowest BCUT2D eigenvalue weighted by Crippen LogP contribution is -1.96. The summed E-state index contributed by atoms with van der Waals surface area (Å²) < 4.78 is 0. The van der Waals surface area contributed by atoms with Crippen molar-refractivity contribution in [1.82, 2.24) is 19.9 Å². The minimum atomic E-state index is 0.850. The Balaban J connectivity index is 1.33. The molecule has 0 spiro atoms. The van der Waals surface area contributed by atoms with Crippen molar-refractivity contribution < 1.29 is 0 Å². The maximum absolute atomic E-state index is 5.35. The van der Waals surface area contributed by atoms with Crippen molar-refractivity contribution in [2.24, 2.45) is 0 Å². The Labute approximate surface area is 278 Å². The summed E-state index contributed by atoms with van der Waals surface area (Å²) >= 11 is 0. The van der Waals surface area contributed by atoms with E-state index < -0.39 is 0 Å². The second-order valence-corrected chi connectivity index (χ2v) is 11.9. The maximum Gasteiger partial charge on any atom is 0.0979 e. The Morgan fingerprint density at radius 1 is 0.333 bits per heavy atom. The van der Waals surface area contributed by atoms with E-state index in [1.54, 1.807) is 0 Å². The molecule has 48 heavy (non-hydrogen) atoms. The predicted molar refractivity (Wildman–Crippen MR) is 197 cm³/mol. The van der Waals surface area contributed by atoms with Gasteiger partial charge >= 0.3 is 0 Å². The maximum atomic E-state index is 5.35. The molecule has 5 aromatic carbocycles. The van der Waals surface area contributed by atoms with Crippen LogP contribution in [0.5, 0.6) is 0 Å². The molecule has 9 aromatic rings. The lowest BCUT2D eigenvalue weighted by molar-refractivity contribution is 1.33. The molecule has 9 rings (SSSR count). The van der Waals surface area contributed by atoms with Crippen molar-refractivity contribution in [2.45, 2.75) is 0 Å². The third-order valence-electron chi connectivity index (χ3n) is 8.96. The fraction of sp³-hybridized carbons (Fsp3) is 0. The summed E-state index contributed by atoms with van der Waals surface area (Å²) in [6.45, 7) is 0. The van der Waals surface area contributed by atoms with Crippen molar-refractivity contribution in [2.75, 3.05) is 0 Å². The standard InChI is InChI=1S/C44H28N4/c1-3-11-30(12-4-1)40-26-37(29-18-20-32(21-19-29)39-17-9-10-24-45-39)35-22-23-36-38(42-25-33-15-7-8-16-34(33)28-46-42)27-41(31-13-5-2-6-14-31)48-44(36)43(35)47-40/h1-28H. The number of nitrogens with zero attached hydrogens (tertiary/aromatic N) is 4. The molecule has 4 aromatic heterocycles. The molecule has 0 aliphatic rings. The summed E-state index contributed by atoms with van der Waals surface area (Å²) in [7, 11) is 0. The van der Waals surface area contributed by atoms with Crippen molar-refractivity contribution in [3.05, 3.63) is 170 Å². The van der Waals surface area contributed by atoms with Crippen LogP contribution in [0, 0.1) is 0 Å². The average Bonchev–Trinajstić information content (AvgIpc) is 3.18. The zero-order chi connectivity index (χ0) is 31.9. The van der Waals surface area contributed by atoms with Crippen LogP contribution in [-0.2, 0) is 0 Å². The predicted octanol–water partition coefficient (Wildman–Crippen LogP) is 11.1. The molecule has 4 heterocycles. The van der Waals surface area contributed by atoms with Crippen LogP contribution in [0.3, 0.4) is 0 Å². The Morgan fingerprint density at radius 2 is 0.875 bits per heavy atom. The van der Waals surface area contributed by atoms with Crippen molar-refractivity contribution >= 4 is 32.6 Å². The molecule has 4 nitrogen and oxygen atoms in total. The van der Waals surface area contributed by atoms with Gasteiger partial charge in [0.15, 0.2) is 0 Å². The number of hydrogen-bond acceptors (Lipinski definition) is 4. The zero-order valence-corrected chi connectivity index (χ0v) is 26.0. The molecule has 0 saturated heterocycles. The highest BCUT2D eigenvalue weighted by Crippen LogP contribution is 2.39. The van der Waals surface area contributed by atoms with Gasteiger partial charge in [-0.25, -0.2) is 9.97 Å². The first-order chi connectivity index (χ1) is 23.8. The van der Waals surface area contributed by atoms with Crippen LogP contribution in [-0.4, -0.2) is 19.9 Å². The molecule has 0 aliphatic carbocycles. The van der Waals surface area contributed by atoms with Crippen LogP contribution >= 0.6 is 0 Å². The van der Waals surface area contributed by atoms with Crippen LogP contribution in [0.2, 0.25) is 0 Å². The summed E-state index contributed by atoms with van der Waals surface area (Å²) in [4.78, 5) is 20.2. The number of hydrogen-bond donors (Lipinski definition) is 0. The number of fused-ring (bicyclic) bond motifs is 4.